The molecule has 0 bridgehead atoms. The number of aliphatic imine (C=N–C) groups is 1. The first kappa shape index (κ1) is 26.5. The van der Waals surface area contributed by atoms with E-state index < -0.39 is 5.97 Å². The maximum atomic E-state index is 13.1. The van der Waals surface area contributed by atoms with Crippen LogP contribution in [0.25, 0.3) is 6.08 Å². The van der Waals surface area contributed by atoms with Crippen LogP contribution in [-0.2, 0) is 11.4 Å². The van der Waals surface area contributed by atoms with Gasteiger partial charge in [0.1, 0.15) is 6.61 Å². The fourth-order valence-electron chi connectivity index (χ4n) is 3.75. The van der Waals surface area contributed by atoms with Crippen molar-refractivity contribution >= 4 is 40.6 Å². The summed E-state index contributed by atoms with van der Waals surface area (Å²) in [6.45, 7) is 4.79. The molecular weight excluding hydrogens is 502 g/mol. The van der Waals surface area contributed by atoms with Gasteiger partial charge in [-0.1, -0.05) is 30.3 Å². The molecule has 0 spiro atoms. The highest BCUT2D eigenvalue weighted by atomic mass is 32.2. The third-order valence-corrected chi connectivity index (χ3v) is 6.62. The number of amides is 1. The molecule has 1 N–H and O–H groups in total. The van der Waals surface area contributed by atoms with Gasteiger partial charge in [0.25, 0.3) is 5.91 Å². The largest absolute Gasteiger partial charge is 0.490 e. The van der Waals surface area contributed by atoms with Crippen LogP contribution in [-0.4, -0.2) is 40.2 Å². The number of carboxylic acid groups (broad SMARTS) is 1. The van der Waals surface area contributed by atoms with Crippen molar-refractivity contribution in [2.45, 2.75) is 20.5 Å². The van der Waals surface area contributed by atoms with E-state index >= 15 is 0 Å². The number of hydrogen-bond donors (Lipinski definition) is 1. The van der Waals surface area contributed by atoms with Gasteiger partial charge in [-0.05, 0) is 73.6 Å². The minimum absolute atomic E-state index is 0.127. The molecule has 0 aromatic heterocycles. The first-order chi connectivity index (χ1) is 18.4. The number of likely N-dealkylation sites (N-methyl/N-ethyl adjacent to an activating group) is 1. The molecule has 3 aromatic carbocycles. The summed E-state index contributed by atoms with van der Waals surface area (Å²) in [5.74, 6) is -0.166. The van der Waals surface area contributed by atoms with Gasteiger partial charge < -0.3 is 14.6 Å². The number of nitrogens with zero attached hydrogens (tertiary/aromatic N) is 3. The average Bonchev–Trinajstić information content (AvgIpc) is 3.21. The van der Waals surface area contributed by atoms with Gasteiger partial charge in [-0.3, -0.25) is 9.69 Å². The lowest BCUT2D eigenvalue weighted by Gasteiger charge is -2.13. The van der Waals surface area contributed by atoms with Gasteiger partial charge in [0.05, 0.1) is 34.4 Å². The Labute approximate surface area is 224 Å². The summed E-state index contributed by atoms with van der Waals surface area (Å²) >= 11 is 1.23. The van der Waals surface area contributed by atoms with E-state index in [0.29, 0.717) is 46.0 Å². The molecule has 0 radical (unpaired) electrons. The smallest absolute Gasteiger partial charge is 0.335 e. The Bertz CT molecular complexity index is 1480. The van der Waals surface area contributed by atoms with Crippen LogP contribution < -0.4 is 9.47 Å². The lowest BCUT2D eigenvalue weighted by molar-refractivity contribution is -0.122. The molecule has 1 heterocycles. The van der Waals surface area contributed by atoms with Crippen LogP contribution >= 0.6 is 11.8 Å². The third-order valence-electron chi connectivity index (χ3n) is 5.61. The topological polar surface area (TPSA) is 112 Å². The number of benzene rings is 3. The van der Waals surface area contributed by atoms with Crippen LogP contribution in [0.1, 0.15) is 40.9 Å². The maximum absolute atomic E-state index is 13.1. The molecule has 4 rings (SSSR count). The van der Waals surface area contributed by atoms with Gasteiger partial charge in [-0.25, -0.2) is 9.79 Å². The van der Waals surface area contributed by atoms with Crippen molar-refractivity contribution in [3.05, 3.63) is 93.9 Å². The number of ether oxygens (including phenoxy) is 2. The molecule has 9 heteroatoms. The van der Waals surface area contributed by atoms with Crippen molar-refractivity contribution < 1.29 is 24.2 Å². The zero-order valence-electron chi connectivity index (χ0n) is 20.9. The van der Waals surface area contributed by atoms with E-state index in [9.17, 15) is 20.0 Å². The zero-order valence-corrected chi connectivity index (χ0v) is 21.7. The Morgan fingerprint density at radius 3 is 2.63 bits per heavy atom. The SMILES string of the molecule is CCOc1cc(/C=C2/SC(=Nc3cccc(C(=O)O)c3)N(CC)C2=O)ccc1OCc1ccccc1C#N. The second-order valence-corrected chi connectivity index (χ2v) is 9.12. The van der Waals surface area contributed by atoms with Crippen molar-refractivity contribution in [3.63, 3.8) is 0 Å². The summed E-state index contributed by atoms with van der Waals surface area (Å²) in [6.07, 6.45) is 1.77. The number of thioether (sulfide) groups is 1. The lowest BCUT2D eigenvalue weighted by atomic mass is 10.1. The molecule has 3 aromatic rings. The van der Waals surface area contributed by atoms with E-state index in [1.807, 2.05) is 32.0 Å². The monoisotopic (exact) mass is 527 g/mol. The number of carboxylic acids is 1. The first-order valence-electron chi connectivity index (χ1n) is 11.9. The normalized spacial score (nSPS) is 15.1. The van der Waals surface area contributed by atoms with Crippen LogP contribution in [0.5, 0.6) is 11.5 Å². The maximum Gasteiger partial charge on any atom is 0.335 e. The number of aromatic carboxylic acids is 1. The second-order valence-electron chi connectivity index (χ2n) is 8.11. The Hall–Kier alpha value is -4.55. The molecule has 38 heavy (non-hydrogen) atoms. The van der Waals surface area contributed by atoms with Crippen LogP contribution in [0.2, 0.25) is 0 Å². The van der Waals surface area contributed by atoms with Gasteiger partial charge in [0.15, 0.2) is 16.7 Å². The highest BCUT2D eigenvalue weighted by molar-refractivity contribution is 8.18. The molecule has 1 fully saturated rings. The van der Waals surface area contributed by atoms with Crippen LogP contribution in [0, 0.1) is 11.3 Å². The number of carbonyl (C=O) groups is 2. The molecule has 1 amide bonds. The van der Waals surface area contributed by atoms with Crippen LogP contribution in [0.4, 0.5) is 5.69 Å². The van der Waals surface area contributed by atoms with E-state index in [0.717, 1.165) is 11.1 Å². The second kappa shape index (κ2) is 12.1. The van der Waals surface area contributed by atoms with Gasteiger partial charge in [0.2, 0.25) is 0 Å². The molecule has 0 aliphatic carbocycles. The van der Waals surface area contributed by atoms with Crippen molar-refractivity contribution in [1.82, 2.24) is 4.90 Å². The Balaban J connectivity index is 1.58. The number of amidine groups is 1. The standard InChI is InChI=1S/C29H25N3O5S/c1-3-32-27(33)26(38-29(32)31-23-11-7-10-20(16-23)28(34)35)15-19-12-13-24(25(14-19)36-4-2)37-18-22-9-6-5-8-21(22)17-30/h5-16H,3-4,18H2,1-2H3,(H,34,35)/b26-15+,31-29?. The summed E-state index contributed by atoms with van der Waals surface area (Å²) in [5, 5.41) is 19.0. The molecule has 0 unspecified atom stereocenters. The lowest BCUT2D eigenvalue weighted by Crippen LogP contribution is -2.28. The van der Waals surface area contributed by atoms with Crippen molar-refractivity contribution in [2.24, 2.45) is 4.99 Å². The minimum atomic E-state index is -1.04. The van der Waals surface area contributed by atoms with Crippen molar-refractivity contribution in [3.8, 4) is 17.6 Å². The summed E-state index contributed by atoms with van der Waals surface area (Å²) < 4.78 is 11.8. The predicted octanol–water partition coefficient (Wildman–Crippen LogP) is 5.86. The summed E-state index contributed by atoms with van der Waals surface area (Å²) in [6, 6.07) is 21.1. The summed E-state index contributed by atoms with van der Waals surface area (Å²) in [7, 11) is 0. The van der Waals surface area contributed by atoms with E-state index in [2.05, 4.69) is 11.1 Å². The van der Waals surface area contributed by atoms with Crippen molar-refractivity contribution in [1.29, 1.82) is 5.26 Å². The molecule has 1 aliphatic heterocycles. The van der Waals surface area contributed by atoms with Gasteiger partial charge in [0, 0.05) is 12.1 Å². The zero-order chi connectivity index (χ0) is 27.1. The molecule has 8 nitrogen and oxygen atoms in total. The van der Waals surface area contributed by atoms with Crippen LogP contribution in [0.15, 0.2) is 76.6 Å². The number of carbonyl (C=O) groups excluding carboxylic acids is 1. The molecule has 1 aliphatic rings. The number of hydrogen-bond acceptors (Lipinski definition) is 7. The van der Waals surface area contributed by atoms with E-state index in [1.54, 1.807) is 47.4 Å². The summed E-state index contributed by atoms with van der Waals surface area (Å²) in [5.41, 5.74) is 2.66. The highest BCUT2D eigenvalue weighted by Gasteiger charge is 2.32. The third kappa shape index (κ3) is 6.05. The summed E-state index contributed by atoms with van der Waals surface area (Å²) in [4.78, 5) is 31.0. The van der Waals surface area contributed by atoms with Gasteiger partial charge in [-0.15, -0.1) is 0 Å². The molecule has 1 saturated heterocycles. The number of rotatable bonds is 9. The van der Waals surface area contributed by atoms with Crippen LogP contribution in [0.3, 0.4) is 0 Å². The predicted molar refractivity (Wildman–Crippen MR) is 147 cm³/mol. The first-order valence-corrected chi connectivity index (χ1v) is 12.8. The highest BCUT2D eigenvalue weighted by Crippen LogP contribution is 2.36. The fourth-order valence-corrected chi connectivity index (χ4v) is 4.82. The fraction of sp³-hybridized carbons (Fsp3) is 0.172. The minimum Gasteiger partial charge on any atom is -0.490 e. The molecule has 192 valence electrons. The van der Waals surface area contributed by atoms with E-state index in [4.69, 9.17) is 9.47 Å². The molecular formula is C29H25N3O5S. The van der Waals surface area contributed by atoms with E-state index in [-0.39, 0.29) is 18.1 Å². The quantitative estimate of drug-likeness (QED) is 0.347. The van der Waals surface area contributed by atoms with Gasteiger partial charge >= 0.3 is 5.97 Å². The van der Waals surface area contributed by atoms with E-state index in [1.165, 1.54) is 23.9 Å². The van der Waals surface area contributed by atoms with Gasteiger partial charge in [-0.2, -0.15) is 5.26 Å². The Morgan fingerprint density at radius 2 is 1.89 bits per heavy atom. The average molecular weight is 528 g/mol. The Kier molecular flexibility index (Phi) is 8.46. The van der Waals surface area contributed by atoms with Crippen molar-refractivity contribution in [2.75, 3.05) is 13.2 Å². The molecule has 0 saturated carbocycles. The molecule has 0 atom stereocenters. The number of nitriles is 1. The Morgan fingerprint density at radius 1 is 1.08 bits per heavy atom.